The topological polar surface area (TPSA) is 67.9 Å². The molecule has 6 nitrogen and oxygen atoms in total. The molecule has 0 aliphatic carbocycles. The molecule has 3 aromatic rings. The van der Waals surface area contributed by atoms with Crippen LogP contribution in [-0.4, -0.2) is 30.8 Å². The molecule has 3 aromatic carbocycles. The molecule has 1 aliphatic rings. The van der Waals surface area contributed by atoms with Gasteiger partial charge in [-0.1, -0.05) is 30.3 Å². The summed E-state index contributed by atoms with van der Waals surface area (Å²) in [6.45, 7) is 2.45. The third-order valence-electron chi connectivity index (χ3n) is 4.86. The summed E-state index contributed by atoms with van der Waals surface area (Å²) in [5, 5.41) is 2.70. The molecule has 1 atom stereocenters. The van der Waals surface area contributed by atoms with E-state index < -0.39 is 0 Å². The quantitative estimate of drug-likeness (QED) is 0.532. The summed E-state index contributed by atoms with van der Waals surface area (Å²) in [7, 11) is 0. The molecule has 7 heteroatoms. The highest BCUT2D eigenvalue weighted by molar-refractivity contribution is 8.00. The smallest absolute Gasteiger partial charge is 0.262 e. The van der Waals surface area contributed by atoms with Crippen molar-refractivity contribution < 1.29 is 19.1 Å². The van der Waals surface area contributed by atoms with Crippen molar-refractivity contribution in [1.82, 2.24) is 0 Å². The van der Waals surface area contributed by atoms with E-state index in [1.165, 1.54) is 0 Å². The van der Waals surface area contributed by atoms with Crippen molar-refractivity contribution in [3.8, 4) is 11.5 Å². The van der Waals surface area contributed by atoms with Gasteiger partial charge in [0.15, 0.2) is 6.61 Å². The Labute approximate surface area is 191 Å². The van der Waals surface area contributed by atoms with E-state index in [-0.39, 0.29) is 23.8 Å². The van der Waals surface area contributed by atoms with Crippen LogP contribution in [0.1, 0.15) is 17.9 Å². The number of amides is 2. The van der Waals surface area contributed by atoms with Gasteiger partial charge in [-0.25, -0.2) is 0 Å². The molecule has 4 rings (SSSR count). The number of anilines is 2. The number of thioether (sulfide) groups is 1. The van der Waals surface area contributed by atoms with Gasteiger partial charge in [-0.05, 0) is 61.0 Å². The second-order valence-corrected chi connectivity index (χ2v) is 8.20. The number of benzene rings is 3. The van der Waals surface area contributed by atoms with Crippen LogP contribution in [0.25, 0.3) is 0 Å². The van der Waals surface area contributed by atoms with E-state index >= 15 is 0 Å². The molecule has 1 N–H and O–H groups in total. The van der Waals surface area contributed by atoms with Gasteiger partial charge in [0.2, 0.25) is 5.91 Å². The summed E-state index contributed by atoms with van der Waals surface area (Å²) in [5.74, 6) is 1.62. The van der Waals surface area contributed by atoms with Gasteiger partial charge in [-0.15, -0.1) is 11.8 Å². The minimum Gasteiger partial charge on any atom is -0.494 e. The third kappa shape index (κ3) is 5.23. The first-order valence-corrected chi connectivity index (χ1v) is 11.4. The maximum Gasteiger partial charge on any atom is 0.262 e. The highest BCUT2D eigenvalue weighted by atomic mass is 32.2. The van der Waals surface area contributed by atoms with Crippen LogP contribution in [0.15, 0.2) is 78.9 Å². The van der Waals surface area contributed by atoms with E-state index in [1.807, 2.05) is 73.7 Å². The Morgan fingerprint density at radius 1 is 1.00 bits per heavy atom. The predicted molar refractivity (Wildman–Crippen MR) is 127 cm³/mol. The SMILES string of the molecule is CCOc1ccc(N2C(=O)CSC2c2cccc(NC(=O)COc3ccccc3)c2)cc1. The zero-order valence-electron chi connectivity index (χ0n) is 17.7. The molecule has 32 heavy (non-hydrogen) atoms. The van der Waals surface area contributed by atoms with Gasteiger partial charge in [0, 0.05) is 11.4 Å². The van der Waals surface area contributed by atoms with E-state index in [1.54, 1.807) is 28.8 Å². The molecule has 164 valence electrons. The molecule has 0 bridgehead atoms. The highest BCUT2D eigenvalue weighted by Crippen LogP contribution is 2.42. The standard InChI is InChI=1S/C25H24N2O4S/c1-2-30-22-13-11-20(12-14-22)27-24(29)17-32-25(27)18-7-6-8-19(15-18)26-23(28)16-31-21-9-4-3-5-10-21/h3-15,25H,2,16-17H2,1H3,(H,26,28). The van der Waals surface area contributed by atoms with Crippen molar-refractivity contribution in [2.75, 3.05) is 29.2 Å². The van der Waals surface area contributed by atoms with Gasteiger partial charge in [-0.2, -0.15) is 0 Å². The summed E-state index contributed by atoms with van der Waals surface area (Å²) in [4.78, 5) is 26.8. The lowest BCUT2D eigenvalue weighted by Crippen LogP contribution is -2.27. The Bertz CT molecular complexity index is 1070. The molecule has 0 aromatic heterocycles. The molecular formula is C25H24N2O4S. The van der Waals surface area contributed by atoms with Gasteiger partial charge in [0.25, 0.3) is 5.91 Å². The second kappa shape index (κ2) is 10.2. The number of nitrogens with zero attached hydrogens (tertiary/aromatic N) is 1. The van der Waals surface area contributed by atoms with E-state index in [0.29, 0.717) is 23.8 Å². The number of hydrogen-bond acceptors (Lipinski definition) is 5. The lowest BCUT2D eigenvalue weighted by molar-refractivity contribution is -0.118. The van der Waals surface area contributed by atoms with Gasteiger partial charge < -0.3 is 14.8 Å². The van der Waals surface area contributed by atoms with Crippen LogP contribution in [-0.2, 0) is 9.59 Å². The zero-order chi connectivity index (χ0) is 22.3. The van der Waals surface area contributed by atoms with Crippen molar-refractivity contribution in [3.63, 3.8) is 0 Å². The highest BCUT2D eigenvalue weighted by Gasteiger charge is 2.34. The van der Waals surface area contributed by atoms with Gasteiger partial charge in [0.1, 0.15) is 16.9 Å². The van der Waals surface area contributed by atoms with E-state index in [9.17, 15) is 9.59 Å². The Kier molecular flexibility index (Phi) is 6.97. The number of rotatable bonds is 8. The zero-order valence-corrected chi connectivity index (χ0v) is 18.5. The van der Waals surface area contributed by atoms with Gasteiger partial charge in [-0.3, -0.25) is 14.5 Å². The normalized spacial score (nSPS) is 15.5. The summed E-state index contributed by atoms with van der Waals surface area (Å²) in [5.41, 5.74) is 2.42. The second-order valence-electron chi connectivity index (χ2n) is 7.13. The molecule has 0 saturated carbocycles. The lowest BCUT2D eigenvalue weighted by Gasteiger charge is -2.25. The fourth-order valence-electron chi connectivity index (χ4n) is 3.45. The molecule has 1 saturated heterocycles. The largest absolute Gasteiger partial charge is 0.494 e. The van der Waals surface area contributed by atoms with Crippen molar-refractivity contribution in [1.29, 1.82) is 0 Å². The van der Waals surface area contributed by atoms with E-state index in [0.717, 1.165) is 17.0 Å². The molecule has 1 aliphatic heterocycles. The van der Waals surface area contributed by atoms with Gasteiger partial charge >= 0.3 is 0 Å². The molecule has 2 amide bonds. The van der Waals surface area contributed by atoms with Crippen LogP contribution in [0, 0.1) is 0 Å². The average molecular weight is 449 g/mol. The summed E-state index contributed by atoms with van der Waals surface area (Å²) >= 11 is 1.56. The number of nitrogens with one attached hydrogen (secondary N) is 1. The molecule has 1 heterocycles. The first kappa shape index (κ1) is 21.8. The maximum atomic E-state index is 12.6. The summed E-state index contributed by atoms with van der Waals surface area (Å²) < 4.78 is 11.0. The number of carbonyl (C=O) groups is 2. The van der Waals surface area contributed by atoms with Crippen molar-refractivity contribution in [2.24, 2.45) is 0 Å². The summed E-state index contributed by atoms with van der Waals surface area (Å²) in [6, 6.07) is 24.3. The third-order valence-corrected chi connectivity index (χ3v) is 6.07. The number of hydrogen-bond donors (Lipinski definition) is 1. The fraction of sp³-hybridized carbons (Fsp3) is 0.200. The first-order valence-electron chi connectivity index (χ1n) is 10.4. The first-order chi connectivity index (χ1) is 15.6. The van der Waals surface area contributed by atoms with Crippen molar-refractivity contribution in [2.45, 2.75) is 12.3 Å². The Morgan fingerprint density at radius 3 is 2.50 bits per heavy atom. The average Bonchev–Trinajstić information content (AvgIpc) is 3.21. The minimum absolute atomic E-state index is 0.0508. The molecule has 1 unspecified atom stereocenters. The van der Waals surface area contributed by atoms with E-state index in [2.05, 4.69) is 5.32 Å². The number of para-hydroxylation sites is 1. The van der Waals surface area contributed by atoms with Crippen LogP contribution in [0.2, 0.25) is 0 Å². The molecule has 0 radical (unpaired) electrons. The Morgan fingerprint density at radius 2 is 1.75 bits per heavy atom. The van der Waals surface area contributed by atoms with Gasteiger partial charge in [0.05, 0.1) is 12.4 Å². The summed E-state index contributed by atoms with van der Waals surface area (Å²) in [6.07, 6.45) is 0. The fourth-order valence-corrected chi connectivity index (χ4v) is 4.62. The Balaban J connectivity index is 1.45. The molecular weight excluding hydrogens is 424 g/mol. The Hall–Kier alpha value is -3.45. The number of carbonyl (C=O) groups excluding carboxylic acids is 2. The van der Waals surface area contributed by atoms with Crippen LogP contribution in [0.5, 0.6) is 11.5 Å². The lowest BCUT2D eigenvalue weighted by atomic mass is 10.1. The number of ether oxygens (including phenoxy) is 2. The van der Waals surface area contributed by atoms with Crippen LogP contribution >= 0.6 is 11.8 Å². The van der Waals surface area contributed by atoms with Crippen LogP contribution < -0.4 is 19.7 Å². The predicted octanol–water partition coefficient (Wildman–Crippen LogP) is 4.88. The maximum absolute atomic E-state index is 12.6. The molecule has 0 spiro atoms. The van der Waals surface area contributed by atoms with E-state index in [4.69, 9.17) is 9.47 Å². The van der Waals surface area contributed by atoms with Crippen LogP contribution in [0.4, 0.5) is 11.4 Å². The minimum atomic E-state index is -0.246. The van der Waals surface area contributed by atoms with Crippen molar-refractivity contribution in [3.05, 3.63) is 84.4 Å². The van der Waals surface area contributed by atoms with Crippen molar-refractivity contribution >= 4 is 35.0 Å². The van der Waals surface area contributed by atoms with Crippen LogP contribution in [0.3, 0.4) is 0 Å². The monoisotopic (exact) mass is 448 g/mol. The molecule has 1 fully saturated rings.